The van der Waals surface area contributed by atoms with Crippen LogP contribution in [0.3, 0.4) is 0 Å². The van der Waals surface area contributed by atoms with E-state index < -0.39 is 0 Å². The lowest BCUT2D eigenvalue weighted by Crippen LogP contribution is -2.38. The van der Waals surface area contributed by atoms with Gasteiger partial charge >= 0.3 is 0 Å². The fourth-order valence-electron chi connectivity index (χ4n) is 3.03. The molecule has 2 atom stereocenters. The third kappa shape index (κ3) is 2.70. The Balaban J connectivity index is 1.98. The Morgan fingerprint density at radius 3 is 2.90 bits per heavy atom. The van der Waals surface area contributed by atoms with Gasteiger partial charge in [-0.25, -0.2) is 9.37 Å². The highest BCUT2D eigenvalue weighted by molar-refractivity contribution is 6.33. The van der Waals surface area contributed by atoms with Crippen molar-refractivity contribution < 1.29 is 4.39 Å². The van der Waals surface area contributed by atoms with E-state index in [1.165, 1.54) is 6.07 Å². The lowest BCUT2D eigenvalue weighted by Gasteiger charge is -2.36. The molecule has 0 spiro atoms. The van der Waals surface area contributed by atoms with Gasteiger partial charge in [-0.2, -0.15) is 0 Å². The van der Waals surface area contributed by atoms with Crippen LogP contribution in [0, 0.1) is 5.82 Å². The van der Waals surface area contributed by atoms with Gasteiger partial charge in [-0.15, -0.1) is 0 Å². The first kappa shape index (κ1) is 14.5. The first-order valence-electron chi connectivity index (χ1n) is 7.25. The van der Waals surface area contributed by atoms with Crippen LogP contribution in [0.25, 0.3) is 11.4 Å². The Morgan fingerprint density at radius 2 is 2.19 bits per heavy atom. The Labute approximate surface area is 129 Å². The predicted octanol–water partition coefficient (Wildman–Crippen LogP) is 4.00. The molecule has 0 amide bonds. The quantitative estimate of drug-likeness (QED) is 0.836. The summed E-state index contributed by atoms with van der Waals surface area (Å²) in [6, 6.07) is 5.60. The predicted molar refractivity (Wildman–Crippen MR) is 83.0 cm³/mol. The van der Waals surface area contributed by atoms with Gasteiger partial charge in [0.2, 0.25) is 0 Å². The number of rotatable bonds is 2. The molecule has 1 aromatic carbocycles. The highest BCUT2D eigenvalue weighted by Crippen LogP contribution is 2.34. The Hall–Kier alpha value is -1.39. The standard InChI is InChI=1S/C16H19ClFN3/c1-11-10-12(6-8-20(11)2)21-9-7-19-16(21)15-13(17)4-3-5-14(15)18/h3-5,7,9,11-12H,6,8,10H2,1-2H3/t11-,12-/m1/s1. The molecule has 21 heavy (non-hydrogen) atoms. The fraction of sp³-hybridized carbons (Fsp3) is 0.438. The average molecular weight is 308 g/mol. The van der Waals surface area contributed by atoms with E-state index in [1.54, 1.807) is 18.3 Å². The second-order valence-corrected chi connectivity index (χ2v) is 6.17. The van der Waals surface area contributed by atoms with Crippen molar-refractivity contribution in [1.29, 1.82) is 0 Å². The molecular weight excluding hydrogens is 289 g/mol. The van der Waals surface area contributed by atoms with E-state index in [1.807, 2.05) is 6.20 Å². The minimum atomic E-state index is -0.323. The molecule has 0 aliphatic carbocycles. The maximum atomic E-state index is 14.2. The SMILES string of the molecule is C[C@@H]1C[C@H](n2ccnc2-c2c(F)cccc2Cl)CCN1C. The molecule has 0 unspecified atom stereocenters. The molecule has 0 saturated carbocycles. The van der Waals surface area contributed by atoms with E-state index in [9.17, 15) is 4.39 Å². The van der Waals surface area contributed by atoms with Gasteiger partial charge in [0.05, 0.1) is 10.6 Å². The topological polar surface area (TPSA) is 21.1 Å². The molecular formula is C16H19ClFN3. The molecule has 0 N–H and O–H groups in total. The summed E-state index contributed by atoms with van der Waals surface area (Å²) in [5.74, 6) is 0.302. The molecule has 1 aliphatic heterocycles. The summed E-state index contributed by atoms with van der Waals surface area (Å²) in [5, 5.41) is 0.406. The number of nitrogens with zero attached hydrogens (tertiary/aromatic N) is 3. The lowest BCUT2D eigenvalue weighted by atomic mass is 9.98. The van der Waals surface area contributed by atoms with Crippen LogP contribution in [-0.4, -0.2) is 34.1 Å². The first-order chi connectivity index (χ1) is 10.1. The van der Waals surface area contributed by atoms with Crippen molar-refractivity contribution >= 4 is 11.6 Å². The summed E-state index contributed by atoms with van der Waals surface area (Å²) in [5.41, 5.74) is 0.399. The van der Waals surface area contributed by atoms with E-state index in [0.29, 0.717) is 28.5 Å². The van der Waals surface area contributed by atoms with E-state index >= 15 is 0 Å². The van der Waals surface area contributed by atoms with Gasteiger partial charge in [-0.05, 0) is 38.9 Å². The van der Waals surface area contributed by atoms with Crippen LogP contribution < -0.4 is 0 Å². The average Bonchev–Trinajstić information content (AvgIpc) is 2.91. The van der Waals surface area contributed by atoms with Crippen molar-refractivity contribution in [1.82, 2.24) is 14.5 Å². The zero-order valence-corrected chi connectivity index (χ0v) is 13.0. The van der Waals surface area contributed by atoms with Crippen LogP contribution in [0.5, 0.6) is 0 Å². The molecule has 3 nitrogen and oxygen atoms in total. The van der Waals surface area contributed by atoms with E-state index in [0.717, 1.165) is 19.4 Å². The molecule has 2 heterocycles. The maximum absolute atomic E-state index is 14.2. The second-order valence-electron chi connectivity index (χ2n) is 5.76. The molecule has 0 bridgehead atoms. The second kappa shape index (κ2) is 5.78. The molecule has 5 heteroatoms. The van der Waals surface area contributed by atoms with Crippen LogP contribution >= 0.6 is 11.6 Å². The summed E-state index contributed by atoms with van der Waals surface area (Å²) >= 11 is 6.18. The fourth-order valence-corrected chi connectivity index (χ4v) is 3.28. The molecule has 1 aliphatic rings. The third-order valence-corrected chi connectivity index (χ3v) is 4.74. The molecule has 1 saturated heterocycles. The van der Waals surface area contributed by atoms with Crippen LogP contribution in [-0.2, 0) is 0 Å². The number of halogens is 2. The summed E-state index contributed by atoms with van der Waals surface area (Å²) < 4.78 is 16.2. The number of hydrogen-bond acceptors (Lipinski definition) is 2. The molecule has 1 aromatic heterocycles. The van der Waals surface area contributed by atoms with Gasteiger partial charge < -0.3 is 9.47 Å². The number of piperidine rings is 1. The first-order valence-corrected chi connectivity index (χ1v) is 7.63. The van der Waals surface area contributed by atoms with E-state index in [-0.39, 0.29) is 5.82 Å². The van der Waals surface area contributed by atoms with Crippen molar-refractivity contribution in [3.05, 3.63) is 41.4 Å². The molecule has 1 fully saturated rings. The summed E-state index contributed by atoms with van der Waals surface area (Å²) in [6.07, 6.45) is 5.73. The minimum absolute atomic E-state index is 0.323. The van der Waals surface area contributed by atoms with E-state index in [4.69, 9.17) is 11.6 Å². The zero-order valence-electron chi connectivity index (χ0n) is 12.3. The number of likely N-dealkylation sites (tertiary alicyclic amines) is 1. The molecule has 0 radical (unpaired) electrons. The van der Waals surface area contributed by atoms with Gasteiger partial charge in [-0.1, -0.05) is 17.7 Å². The summed E-state index contributed by atoms with van der Waals surface area (Å²) in [4.78, 5) is 6.70. The van der Waals surface area contributed by atoms with E-state index in [2.05, 4.69) is 28.4 Å². The summed E-state index contributed by atoms with van der Waals surface area (Å²) in [6.45, 7) is 3.26. The monoisotopic (exact) mass is 307 g/mol. The maximum Gasteiger partial charge on any atom is 0.144 e. The van der Waals surface area contributed by atoms with Gasteiger partial charge in [0.1, 0.15) is 11.6 Å². The Bertz CT molecular complexity index is 620. The van der Waals surface area contributed by atoms with Crippen molar-refractivity contribution in [2.45, 2.75) is 31.8 Å². The molecule has 2 aromatic rings. The minimum Gasteiger partial charge on any atom is -0.328 e. The van der Waals surface area contributed by atoms with Gasteiger partial charge in [0, 0.05) is 31.0 Å². The molecule has 112 valence electrons. The van der Waals surface area contributed by atoms with Crippen molar-refractivity contribution in [2.75, 3.05) is 13.6 Å². The van der Waals surface area contributed by atoms with Crippen molar-refractivity contribution in [2.24, 2.45) is 0 Å². The van der Waals surface area contributed by atoms with Crippen molar-refractivity contribution in [3.63, 3.8) is 0 Å². The van der Waals surface area contributed by atoms with Crippen molar-refractivity contribution in [3.8, 4) is 11.4 Å². The largest absolute Gasteiger partial charge is 0.328 e. The number of hydrogen-bond donors (Lipinski definition) is 0. The number of benzene rings is 1. The normalized spacial score (nSPS) is 23.4. The van der Waals surface area contributed by atoms with Crippen LogP contribution in [0.15, 0.2) is 30.6 Å². The van der Waals surface area contributed by atoms with Crippen LogP contribution in [0.4, 0.5) is 4.39 Å². The number of aromatic nitrogens is 2. The molecule has 3 rings (SSSR count). The van der Waals surface area contributed by atoms with Crippen LogP contribution in [0.1, 0.15) is 25.8 Å². The van der Waals surface area contributed by atoms with Gasteiger partial charge in [0.15, 0.2) is 0 Å². The lowest BCUT2D eigenvalue weighted by molar-refractivity contribution is 0.157. The highest BCUT2D eigenvalue weighted by Gasteiger charge is 2.26. The highest BCUT2D eigenvalue weighted by atomic mass is 35.5. The smallest absolute Gasteiger partial charge is 0.144 e. The zero-order chi connectivity index (χ0) is 15.0. The van der Waals surface area contributed by atoms with Crippen LogP contribution in [0.2, 0.25) is 5.02 Å². The third-order valence-electron chi connectivity index (χ3n) is 4.43. The van der Waals surface area contributed by atoms with Gasteiger partial charge in [-0.3, -0.25) is 0 Å². The van der Waals surface area contributed by atoms with Gasteiger partial charge in [0.25, 0.3) is 0 Å². The Morgan fingerprint density at radius 1 is 1.38 bits per heavy atom. The Kier molecular flexibility index (Phi) is 4.00. The number of imidazole rings is 1. The summed E-state index contributed by atoms with van der Waals surface area (Å²) in [7, 11) is 2.14.